The topological polar surface area (TPSA) is 17.0 Å². The molecule has 0 aliphatic heterocycles. The smallest absolute Gasteiger partial charge is 0.0481 e. The molecule has 1 aromatic carbocycles. The van der Waals surface area contributed by atoms with E-state index < -0.39 is 0 Å². The summed E-state index contributed by atoms with van der Waals surface area (Å²) in [4.78, 5) is 0. The Hall–Kier alpha value is -1.06. The summed E-state index contributed by atoms with van der Waals surface area (Å²) in [6.45, 7) is 1.83. The van der Waals surface area contributed by atoms with Crippen molar-refractivity contribution < 1.29 is 0 Å². The van der Waals surface area contributed by atoms with Crippen LogP contribution in [0, 0.1) is 0 Å². The highest BCUT2D eigenvalue weighted by Crippen LogP contribution is 2.17. The molecule has 2 rings (SSSR count). The lowest BCUT2D eigenvalue weighted by atomic mass is 10.2. The van der Waals surface area contributed by atoms with E-state index in [1.165, 1.54) is 15.6 Å². The molecule has 1 aromatic heterocycles. The van der Waals surface area contributed by atoms with Gasteiger partial charge in [0.2, 0.25) is 0 Å². The first-order valence-electron chi connectivity index (χ1n) is 5.32. The maximum absolute atomic E-state index is 3.57. The third kappa shape index (κ3) is 2.74. The van der Waals surface area contributed by atoms with Gasteiger partial charge in [-0.05, 0) is 30.3 Å². The second-order valence-corrected chi connectivity index (χ2v) is 4.67. The van der Waals surface area contributed by atoms with Gasteiger partial charge in [0, 0.05) is 30.0 Å². The normalized spacial score (nSPS) is 10.6. The van der Waals surface area contributed by atoms with Crippen molar-refractivity contribution in [2.45, 2.75) is 13.1 Å². The number of nitrogens with zero attached hydrogens (tertiary/aromatic N) is 1. The van der Waals surface area contributed by atoms with E-state index in [9.17, 15) is 0 Å². The molecule has 0 aliphatic carbocycles. The van der Waals surface area contributed by atoms with Crippen LogP contribution in [-0.2, 0) is 13.1 Å². The van der Waals surface area contributed by atoms with Crippen molar-refractivity contribution in [3.63, 3.8) is 0 Å². The summed E-state index contributed by atoms with van der Waals surface area (Å²) in [5.41, 5.74) is 2.61. The SMILES string of the molecule is CNCc1ccn(Cc2ccccc2Br)c1. The fourth-order valence-corrected chi connectivity index (χ4v) is 2.13. The zero-order valence-electron chi connectivity index (χ0n) is 9.28. The van der Waals surface area contributed by atoms with Gasteiger partial charge in [-0.25, -0.2) is 0 Å². The van der Waals surface area contributed by atoms with E-state index in [0.29, 0.717) is 0 Å². The summed E-state index contributed by atoms with van der Waals surface area (Å²) < 4.78 is 3.37. The molecule has 0 saturated carbocycles. The van der Waals surface area contributed by atoms with Crippen LogP contribution in [0.25, 0.3) is 0 Å². The van der Waals surface area contributed by atoms with Gasteiger partial charge in [0.15, 0.2) is 0 Å². The minimum Gasteiger partial charge on any atom is -0.350 e. The van der Waals surface area contributed by atoms with Gasteiger partial charge in [-0.1, -0.05) is 34.1 Å². The quantitative estimate of drug-likeness (QED) is 0.910. The fraction of sp³-hybridized carbons (Fsp3) is 0.231. The van der Waals surface area contributed by atoms with E-state index >= 15 is 0 Å². The molecule has 84 valence electrons. The van der Waals surface area contributed by atoms with E-state index in [1.54, 1.807) is 0 Å². The molecule has 1 N–H and O–H groups in total. The van der Waals surface area contributed by atoms with Gasteiger partial charge >= 0.3 is 0 Å². The Morgan fingerprint density at radius 1 is 1.25 bits per heavy atom. The zero-order chi connectivity index (χ0) is 11.4. The lowest BCUT2D eigenvalue weighted by Crippen LogP contribution is -2.04. The molecule has 1 heterocycles. The van der Waals surface area contributed by atoms with Crippen molar-refractivity contribution in [3.05, 3.63) is 58.3 Å². The molecule has 0 amide bonds. The summed E-state index contributed by atoms with van der Waals surface area (Å²) in [5, 5.41) is 3.15. The summed E-state index contributed by atoms with van der Waals surface area (Å²) in [6.07, 6.45) is 4.29. The molecule has 0 saturated heterocycles. The third-order valence-corrected chi connectivity index (χ3v) is 3.28. The highest BCUT2D eigenvalue weighted by atomic mass is 79.9. The van der Waals surface area contributed by atoms with E-state index in [0.717, 1.165) is 13.1 Å². The minimum atomic E-state index is 0.908. The molecule has 16 heavy (non-hydrogen) atoms. The van der Waals surface area contributed by atoms with E-state index in [2.05, 4.69) is 62.5 Å². The van der Waals surface area contributed by atoms with Crippen molar-refractivity contribution in [3.8, 4) is 0 Å². The number of halogens is 1. The molecule has 0 radical (unpaired) electrons. The maximum Gasteiger partial charge on any atom is 0.0481 e. The van der Waals surface area contributed by atoms with Crippen LogP contribution >= 0.6 is 15.9 Å². The van der Waals surface area contributed by atoms with Crippen molar-refractivity contribution in [1.29, 1.82) is 0 Å². The van der Waals surface area contributed by atoms with Crippen LogP contribution < -0.4 is 5.32 Å². The van der Waals surface area contributed by atoms with Crippen LogP contribution in [-0.4, -0.2) is 11.6 Å². The highest BCUT2D eigenvalue weighted by Gasteiger charge is 2.00. The first kappa shape index (κ1) is 11.4. The molecule has 0 aliphatic rings. The summed E-state index contributed by atoms with van der Waals surface area (Å²) in [7, 11) is 1.96. The van der Waals surface area contributed by atoms with Gasteiger partial charge in [0.1, 0.15) is 0 Å². The number of hydrogen-bond acceptors (Lipinski definition) is 1. The zero-order valence-corrected chi connectivity index (χ0v) is 10.9. The van der Waals surface area contributed by atoms with Crippen LogP contribution in [0.4, 0.5) is 0 Å². The molecule has 2 nitrogen and oxygen atoms in total. The Kier molecular flexibility index (Phi) is 3.80. The van der Waals surface area contributed by atoms with Gasteiger partial charge in [0.05, 0.1) is 0 Å². The van der Waals surface area contributed by atoms with Gasteiger partial charge in [0.25, 0.3) is 0 Å². The molecule has 2 aromatic rings. The molecule has 0 fully saturated rings. The second kappa shape index (κ2) is 5.32. The summed E-state index contributed by atoms with van der Waals surface area (Å²) in [6, 6.07) is 10.5. The maximum atomic E-state index is 3.57. The van der Waals surface area contributed by atoms with Crippen molar-refractivity contribution in [1.82, 2.24) is 9.88 Å². The van der Waals surface area contributed by atoms with Crippen LogP contribution in [0.15, 0.2) is 47.2 Å². The van der Waals surface area contributed by atoms with Gasteiger partial charge in [-0.3, -0.25) is 0 Å². The number of rotatable bonds is 4. The van der Waals surface area contributed by atoms with Crippen LogP contribution in [0.2, 0.25) is 0 Å². The lowest BCUT2D eigenvalue weighted by Gasteiger charge is -2.05. The number of aromatic nitrogens is 1. The largest absolute Gasteiger partial charge is 0.350 e. The van der Waals surface area contributed by atoms with Crippen molar-refractivity contribution >= 4 is 15.9 Å². The Morgan fingerprint density at radius 3 is 2.81 bits per heavy atom. The van der Waals surface area contributed by atoms with Crippen LogP contribution in [0.5, 0.6) is 0 Å². The first-order valence-corrected chi connectivity index (χ1v) is 6.11. The summed E-state index contributed by atoms with van der Waals surface area (Å²) >= 11 is 3.57. The fourth-order valence-electron chi connectivity index (χ4n) is 1.72. The number of nitrogens with one attached hydrogen (secondary N) is 1. The highest BCUT2D eigenvalue weighted by molar-refractivity contribution is 9.10. The van der Waals surface area contributed by atoms with Gasteiger partial charge in [-0.15, -0.1) is 0 Å². The van der Waals surface area contributed by atoms with Crippen molar-refractivity contribution in [2.75, 3.05) is 7.05 Å². The van der Waals surface area contributed by atoms with Gasteiger partial charge < -0.3 is 9.88 Å². The van der Waals surface area contributed by atoms with Gasteiger partial charge in [-0.2, -0.15) is 0 Å². The third-order valence-electron chi connectivity index (χ3n) is 2.50. The Labute approximate surface area is 104 Å². The van der Waals surface area contributed by atoms with Crippen molar-refractivity contribution in [2.24, 2.45) is 0 Å². The van der Waals surface area contributed by atoms with Crippen LogP contribution in [0.3, 0.4) is 0 Å². The lowest BCUT2D eigenvalue weighted by molar-refractivity contribution is 0.781. The first-order chi connectivity index (χ1) is 7.79. The molecular formula is C13H15BrN2. The Bertz CT molecular complexity index is 462. The molecule has 0 spiro atoms. The Balaban J connectivity index is 2.11. The molecule has 0 bridgehead atoms. The number of benzene rings is 1. The minimum absolute atomic E-state index is 0.908. The number of hydrogen-bond donors (Lipinski definition) is 1. The van der Waals surface area contributed by atoms with E-state index in [4.69, 9.17) is 0 Å². The molecule has 3 heteroatoms. The molecular weight excluding hydrogens is 264 g/mol. The van der Waals surface area contributed by atoms with E-state index in [-0.39, 0.29) is 0 Å². The molecule has 0 atom stereocenters. The van der Waals surface area contributed by atoms with E-state index in [1.807, 2.05) is 13.1 Å². The summed E-state index contributed by atoms with van der Waals surface area (Å²) in [5.74, 6) is 0. The monoisotopic (exact) mass is 278 g/mol. The average Bonchev–Trinajstić information content (AvgIpc) is 2.70. The average molecular weight is 279 g/mol. The standard InChI is InChI=1S/C13H15BrN2/c1-15-8-11-6-7-16(9-11)10-12-4-2-3-5-13(12)14/h2-7,9,15H,8,10H2,1H3. The van der Waals surface area contributed by atoms with Crippen LogP contribution in [0.1, 0.15) is 11.1 Å². The second-order valence-electron chi connectivity index (χ2n) is 3.81. The molecule has 0 unspecified atom stereocenters. The predicted octanol–water partition coefficient (Wildman–Crippen LogP) is 3.02. The Morgan fingerprint density at radius 2 is 2.06 bits per heavy atom. The predicted molar refractivity (Wildman–Crippen MR) is 70.4 cm³/mol.